The topological polar surface area (TPSA) is 3.24 Å². The molecule has 0 amide bonds. The van der Waals surface area contributed by atoms with Crippen LogP contribution in [0.4, 0.5) is 0 Å². The first-order chi connectivity index (χ1) is 11.0. The van der Waals surface area contributed by atoms with Gasteiger partial charge in [-0.2, -0.15) is 0 Å². The number of halogens is 2. The van der Waals surface area contributed by atoms with E-state index in [1.54, 1.807) is 0 Å². The number of fused-ring (bicyclic) bond motifs is 2. The number of nitrogens with zero attached hydrogens (tertiary/aromatic N) is 1. The molecule has 0 aliphatic carbocycles. The average molecular weight is 364 g/mol. The fourth-order valence-electron chi connectivity index (χ4n) is 2.75. The summed E-state index contributed by atoms with van der Waals surface area (Å²) in [6, 6.07) is 12.3. The van der Waals surface area contributed by atoms with Crippen molar-refractivity contribution >= 4 is 40.5 Å². The molecule has 0 N–H and O–H groups in total. The van der Waals surface area contributed by atoms with Gasteiger partial charge in [0, 0.05) is 27.2 Å². The van der Waals surface area contributed by atoms with E-state index >= 15 is 0 Å². The van der Waals surface area contributed by atoms with Crippen molar-refractivity contribution in [3.63, 3.8) is 0 Å². The van der Waals surface area contributed by atoms with Crippen molar-refractivity contribution in [3.8, 4) is 0 Å². The fraction of sp³-hybridized carbons (Fsp3) is 0.263. The molecule has 1 aliphatic heterocycles. The quantitative estimate of drug-likeness (QED) is 0.659. The number of thioether (sulfide) groups is 1. The number of benzene rings is 2. The molecule has 3 rings (SSSR count). The summed E-state index contributed by atoms with van der Waals surface area (Å²) in [4.78, 5) is 3.47. The van der Waals surface area contributed by atoms with E-state index in [1.165, 1.54) is 27.2 Å². The molecule has 1 aliphatic rings. The Balaban J connectivity index is 2.13. The number of hydrogen-bond acceptors (Lipinski definition) is 2. The summed E-state index contributed by atoms with van der Waals surface area (Å²) in [5.41, 5.74) is 5.00. The van der Waals surface area contributed by atoms with E-state index in [0.29, 0.717) is 0 Å². The summed E-state index contributed by atoms with van der Waals surface area (Å²) in [6.07, 6.45) is 3.31. The van der Waals surface area contributed by atoms with E-state index in [4.69, 9.17) is 23.2 Å². The van der Waals surface area contributed by atoms with Gasteiger partial charge in [0.15, 0.2) is 0 Å². The van der Waals surface area contributed by atoms with E-state index in [2.05, 4.69) is 49.3 Å². The van der Waals surface area contributed by atoms with Gasteiger partial charge in [-0.3, -0.25) is 0 Å². The normalized spacial score (nSPS) is 15.4. The molecule has 0 radical (unpaired) electrons. The minimum absolute atomic E-state index is 0.772. The molecule has 0 aromatic heterocycles. The van der Waals surface area contributed by atoms with Crippen LogP contribution in [0.5, 0.6) is 0 Å². The molecule has 0 fully saturated rings. The van der Waals surface area contributed by atoms with Gasteiger partial charge in [0.1, 0.15) is 0 Å². The van der Waals surface area contributed by atoms with Gasteiger partial charge in [0.2, 0.25) is 0 Å². The van der Waals surface area contributed by atoms with Gasteiger partial charge >= 0.3 is 0 Å². The van der Waals surface area contributed by atoms with Crippen molar-refractivity contribution in [2.45, 2.75) is 17.1 Å². The van der Waals surface area contributed by atoms with Crippen LogP contribution in [-0.2, 0) is 5.75 Å². The molecular formula is C19H19Cl2NS. The van der Waals surface area contributed by atoms with Crippen LogP contribution in [0, 0.1) is 0 Å². The number of rotatable bonds is 3. The second-order valence-electron chi connectivity index (χ2n) is 5.94. The fourth-order valence-corrected chi connectivity index (χ4v) is 4.15. The predicted molar refractivity (Wildman–Crippen MR) is 103 cm³/mol. The summed E-state index contributed by atoms with van der Waals surface area (Å²) in [5.74, 6) is 0.951. The zero-order valence-electron chi connectivity index (χ0n) is 13.3. The second-order valence-corrected chi connectivity index (χ2v) is 7.83. The van der Waals surface area contributed by atoms with E-state index in [1.807, 2.05) is 23.9 Å². The highest BCUT2D eigenvalue weighted by Crippen LogP contribution is 2.42. The van der Waals surface area contributed by atoms with Gasteiger partial charge < -0.3 is 4.90 Å². The minimum atomic E-state index is 0.772. The van der Waals surface area contributed by atoms with Gasteiger partial charge in [-0.25, -0.2) is 0 Å². The van der Waals surface area contributed by atoms with Crippen LogP contribution in [0.25, 0.3) is 5.57 Å². The lowest BCUT2D eigenvalue weighted by molar-refractivity contribution is 0.417. The molecule has 23 heavy (non-hydrogen) atoms. The maximum absolute atomic E-state index is 6.27. The van der Waals surface area contributed by atoms with Gasteiger partial charge in [0.25, 0.3) is 0 Å². The Labute approximate surface area is 152 Å². The molecule has 0 spiro atoms. The Kier molecular flexibility index (Phi) is 5.38. The SMILES string of the molecule is CN(C)CC/C=C1\c2cc(Cl)ccc2CSc2ccc(Cl)cc21. The van der Waals surface area contributed by atoms with Crippen LogP contribution in [0.15, 0.2) is 47.4 Å². The Morgan fingerprint density at radius 1 is 1.04 bits per heavy atom. The summed E-state index contributed by atoms with van der Waals surface area (Å²) in [6.45, 7) is 1.02. The molecule has 0 unspecified atom stereocenters. The van der Waals surface area contributed by atoms with E-state index in [9.17, 15) is 0 Å². The maximum atomic E-state index is 6.27. The maximum Gasteiger partial charge on any atom is 0.0412 e. The van der Waals surface area contributed by atoms with Gasteiger partial charge in [0.05, 0.1) is 0 Å². The Morgan fingerprint density at radius 3 is 2.48 bits per heavy atom. The van der Waals surface area contributed by atoms with Crippen molar-refractivity contribution in [2.24, 2.45) is 0 Å². The average Bonchev–Trinajstić information content (AvgIpc) is 2.64. The summed E-state index contributed by atoms with van der Waals surface area (Å²) in [7, 11) is 4.19. The van der Waals surface area contributed by atoms with Crippen molar-refractivity contribution in [3.05, 3.63) is 69.2 Å². The molecule has 0 atom stereocenters. The highest BCUT2D eigenvalue weighted by atomic mass is 35.5. The predicted octanol–water partition coefficient (Wildman–Crippen LogP) is 5.98. The van der Waals surface area contributed by atoms with Gasteiger partial charge in [-0.05, 0) is 73.1 Å². The first-order valence-corrected chi connectivity index (χ1v) is 9.35. The third-order valence-corrected chi connectivity index (χ3v) is 5.49. The minimum Gasteiger partial charge on any atom is -0.309 e. The van der Waals surface area contributed by atoms with Crippen LogP contribution < -0.4 is 0 Å². The molecule has 120 valence electrons. The molecule has 1 heterocycles. The summed E-state index contributed by atoms with van der Waals surface area (Å²) < 4.78 is 0. The standard InChI is InChI=1S/C19H19Cl2NS/c1-22(2)9-3-4-16-17-10-14(20)6-5-13(17)12-23-19-8-7-15(21)11-18(16)19/h4-8,10-11H,3,9,12H2,1-2H3/b16-4+. The lowest BCUT2D eigenvalue weighted by atomic mass is 9.93. The summed E-state index contributed by atoms with van der Waals surface area (Å²) in [5, 5.41) is 1.55. The van der Waals surface area contributed by atoms with E-state index < -0.39 is 0 Å². The zero-order chi connectivity index (χ0) is 16.4. The van der Waals surface area contributed by atoms with Crippen LogP contribution in [-0.4, -0.2) is 25.5 Å². The van der Waals surface area contributed by atoms with Crippen LogP contribution in [0.3, 0.4) is 0 Å². The molecule has 0 bridgehead atoms. The number of hydrogen-bond donors (Lipinski definition) is 0. The molecule has 4 heteroatoms. The molecule has 2 aromatic rings. The molecule has 2 aromatic carbocycles. The molecule has 0 saturated heterocycles. The lowest BCUT2D eigenvalue weighted by Gasteiger charge is -2.13. The second kappa shape index (κ2) is 7.31. The first kappa shape index (κ1) is 16.9. The molecule has 1 nitrogen and oxygen atoms in total. The Morgan fingerprint density at radius 2 is 1.74 bits per heavy atom. The monoisotopic (exact) mass is 363 g/mol. The first-order valence-electron chi connectivity index (χ1n) is 7.61. The molecule has 0 saturated carbocycles. The third kappa shape index (κ3) is 3.95. The third-order valence-electron chi connectivity index (χ3n) is 3.90. The summed E-state index contributed by atoms with van der Waals surface area (Å²) >= 11 is 14.4. The van der Waals surface area contributed by atoms with Crippen molar-refractivity contribution in [1.29, 1.82) is 0 Å². The Bertz CT molecular complexity index is 698. The highest BCUT2D eigenvalue weighted by molar-refractivity contribution is 7.98. The van der Waals surface area contributed by atoms with Gasteiger partial charge in [-0.15, -0.1) is 11.8 Å². The zero-order valence-corrected chi connectivity index (χ0v) is 15.6. The largest absolute Gasteiger partial charge is 0.309 e. The van der Waals surface area contributed by atoms with E-state index in [-0.39, 0.29) is 0 Å². The van der Waals surface area contributed by atoms with Crippen molar-refractivity contribution < 1.29 is 0 Å². The lowest BCUT2D eigenvalue weighted by Crippen LogP contribution is -2.12. The van der Waals surface area contributed by atoms with Crippen molar-refractivity contribution in [2.75, 3.05) is 20.6 Å². The van der Waals surface area contributed by atoms with Crippen LogP contribution in [0.1, 0.15) is 23.1 Å². The van der Waals surface area contributed by atoms with E-state index in [0.717, 1.165) is 28.8 Å². The van der Waals surface area contributed by atoms with Crippen molar-refractivity contribution in [1.82, 2.24) is 4.90 Å². The Hall–Kier alpha value is -0.930. The van der Waals surface area contributed by atoms with Crippen LogP contribution in [0.2, 0.25) is 10.0 Å². The highest BCUT2D eigenvalue weighted by Gasteiger charge is 2.19. The smallest absolute Gasteiger partial charge is 0.0412 e. The van der Waals surface area contributed by atoms with Gasteiger partial charge in [-0.1, -0.05) is 35.3 Å². The molecular weight excluding hydrogens is 345 g/mol. The van der Waals surface area contributed by atoms with Crippen LogP contribution >= 0.6 is 35.0 Å².